The molecule has 0 atom stereocenters. The predicted octanol–water partition coefficient (Wildman–Crippen LogP) is 3.47. The highest BCUT2D eigenvalue weighted by Crippen LogP contribution is 2.26. The smallest absolute Gasteiger partial charge is 0.234 e. The number of carbonyl (C=O) groups is 1. The maximum Gasteiger partial charge on any atom is 0.234 e. The van der Waals surface area contributed by atoms with Gasteiger partial charge < -0.3 is 5.32 Å². The number of benzene rings is 1. The van der Waals surface area contributed by atoms with Crippen molar-refractivity contribution in [2.75, 3.05) is 20.1 Å². The number of para-hydroxylation sites is 1. The van der Waals surface area contributed by atoms with Gasteiger partial charge in [0, 0.05) is 19.0 Å². The Morgan fingerprint density at radius 1 is 1.29 bits per heavy atom. The van der Waals surface area contributed by atoms with E-state index in [0.717, 1.165) is 22.9 Å². The van der Waals surface area contributed by atoms with Crippen molar-refractivity contribution in [1.29, 1.82) is 0 Å². The summed E-state index contributed by atoms with van der Waals surface area (Å²) in [6, 6.07) is 8.74. The Hall–Kier alpha value is -1.46. The number of hydrogen-bond acceptors (Lipinski definition) is 4. The van der Waals surface area contributed by atoms with Gasteiger partial charge in [0.25, 0.3) is 0 Å². The van der Waals surface area contributed by atoms with E-state index >= 15 is 0 Å². The number of amides is 1. The predicted molar refractivity (Wildman–Crippen MR) is 100 cm³/mol. The van der Waals surface area contributed by atoms with Crippen LogP contribution in [0, 0.1) is 5.92 Å². The van der Waals surface area contributed by atoms with Gasteiger partial charge in [-0.15, -0.1) is 11.3 Å². The van der Waals surface area contributed by atoms with Crippen LogP contribution in [0.15, 0.2) is 24.3 Å². The first-order chi connectivity index (χ1) is 11.6. The highest BCUT2D eigenvalue weighted by Gasteiger charge is 2.22. The number of rotatable bonds is 6. The molecule has 130 valence electrons. The molecule has 0 radical (unpaired) electrons. The lowest BCUT2D eigenvalue weighted by Crippen LogP contribution is -2.42. The van der Waals surface area contributed by atoms with Crippen LogP contribution in [-0.4, -0.2) is 42.0 Å². The molecule has 5 heteroatoms. The standard InChI is InChI=1S/C19H27N3OS/c1-14-7-9-15(10-8-14)22(2)13-18(23)20-12-11-19-21-16-5-3-4-6-17(16)24-19/h3-6,14-15H,7-13H2,1-2H3,(H,20,23). The van der Waals surface area contributed by atoms with Crippen LogP contribution in [0.5, 0.6) is 0 Å². The summed E-state index contributed by atoms with van der Waals surface area (Å²) in [5, 5.41) is 4.13. The number of nitrogens with one attached hydrogen (secondary N) is 1. The molecule has 1 aromatic carbocycles. The Kier molecular flexibility index (Phi) is 5.85. The van der Waals surface area contributed by atoms with Crippen molar-refractivity contribution < 1.29 is 4.79 Å². The molecule has 1 aromatic heterocycles. The van der Waals surface area contributed by atoms with Gasteiger partial charge in [-0.2, -0.15) is 0 Å². The fourth-order valence-electron chi connectivity index (χ4n) is 3.43. The number of carbonyl (C=O) groups excluding carboxylic acids is 1. The van der Waals surface area contributed by atoms with Crippen LogP contribution < -0.4 is 5.32 Å². The quantitative estimate of drug-likeness (QED) is 0.872. The number of nitrogens with zero attached hydrogens (tertiary/aromatic N) is 2. The van der Waals surface area contributed by atoms with Crippen molar-refractivity contribution in [1.82, 2.24) is 15.2 Å². The zero-order chi connectivity index (χ0) is 16.9. The van der Waals surface area contributed by atoms with E-state index in [0.29, 0.717) is 19.1 Å². The molecule has 1 N–H and O–H groups in total. The van der Waals surface area contributed by atoms with Gasteiger partial charge in [-0.3, -0.25) is 9.69 Å². The third-order valence-corrected chi connectivity index (χ3v) is 6.10. The van der Waals surface area contributed by atoms with Crippen LogP contribution in [0.1, 0.15) is 37.6 Å². The van der Waals surface area contributed by atoms with Crippen molar-refractivity contribution in [2.24, 2.45) is 5.92 Å². The molecule has 0 unspecified atom stereocenters. The molecule has 1 fully saturated rings. The van der Waals surface area contributed by atoms with Gasteiger partial charge in [-0.25, -0.2) is 4.98 Å². The fraction of sp³-hybridized carbons (Fsp3) is 0.579. The largest absolute Gasteiger partial charge is 0.355 e. The first-order valence-corrected chi connectivity index (χ1v) is 9.75. The third-order valence-electron chi connectivity index (χ3n) is 5.00. The maximum absolute atomic E-state index is 12.2. The minimum absolute atomic E-state index is 0.122. The van der Waals surface area contributed by atoms with Gasteiger partial charge in [0.2, 0.25) is 5.91 Å². The topological polar surface area (TPSA) is 45.2 Å². The van der Waals surface area contributed by atoms with E-state index in [4.69, 9.17) is 0 Å². The molecule has 4 nitrogen and oxygen atoms in total. The van der Waals surface area contributed by atoms with E-state index in [-0.39, 0.29) is 5.91 Å². The van der Waals surface area contributed by atoms with Gasteiger partial charge in [-0.1, -0.05) is 19.1 Å². The summed E-state index contributed by atoms with van der Waals surface area (Å²) in [5.74, 6) is 0.967. The van der Waals surface area contributed by atoms with Gasteiger partial charge in [0.1, 0.15) is 0 Å². The van der Waals surface area contributed by atoms with E-state index < -0.39 is 0 Å². The minimum atomic E-state index is 0.122. The molecule has 2 aromatic rings. The molecular formula is C19H27N3OS. The zero-order valence-electron chi connectivity index (χ0n) is 14.6. The van der Waals surface area contributed by atoms with Crippen LogP contribution in [0.25, 0.3) is 10.2 Å². The zero-order valence-corrected chi connectivity index (χ0v) is 15.4. The maximum atomic E-state index is 12.2. The second-order valence-corrected chi connectivity index (χ2v) is 8.12. The summed E-state index contributed by atoms with van der Waals surface area (Å²) < 4.78 is 1.21. The van der Waals surface area contributed by atoms with Crippen molar-refractivity contribution in [3.05, 3.63) is 29.3 Å². The summed E-state index contributed by atoms with van der Waals surface area (Å²) >= 11 is 1.71. The fourth-order valence-corrected chi connectivity index (χ4v) is 4.40. The highest BCUT2D eigenvalue weighted by molar-refractivity contribution is 7.18. The van der Waals surface area contributed by atoms with Crippen molar-refractivity contribution >= 4 is 27.5 Å². The van der Waals surface area contributed by atoms with Gasteiger partial charge in [-0.05, 0) is 50.8 Å². The summed E-state index contributed by atoms with van der Waals surface area (Å²) in [4.78, 5) is 19.0. The van der Waals surface area contributed by atoms with Crippen molar-refractivity contribution in [2.45, 2.75) is 45.1 Å². The van der Waals surface area contributed by atoms with Crippen LogP contribution in [-0.2, 0) is 11.2 Å². The lowest BCUT2D eigenvalue weighted by molar-refractivity contribution is -0.122. The SMILES string of the molecule is CC1CCC(N(C)CC(=O)NCCc2nc3ccccc3s2)CC1. The van der Waals surface area contributed by atoms with E-state index in [2.05, 4.69) is 35.2 Å². The minimum Gasteiger partial charge on any atom is -0.355 e. The van der Waals surface area contributed by atoms with Gasteiger partial charge in [0.05, 0.1) is 21.8 Å². The molecule has 0 saturated heterocycles. The monoisotopic (exact) mass is 345 g/mol. The molecule has 1 saturated carbocycles. The summed E-state index contributed by atoms with van der Waals surface area (Å²) in [5.41, 5.74) is 1.05. The number of aromatic nitrogens is 1. The van der Waals surface area contributed by atoms with E-state index in [1.54, 1.807) is 11.3 Å². The summed E-state index contributed by atoms with van der Waals surface area (Å²) in [7, 11) is 2.08. The van der Waals surface area contributed by atoms with Crippen LogP contribution in [0.2, 0.25) is 0 Å². The molecule has 1 aliphatic carbocycles. The molecule has 3 rings (SSSR count). The average Bonchev–Trinajstić information content (AvgIpc) is 2.98. The second-order valence-electron chi connectivity index (χ2n) is 7.00. The Bertz CT molecular complexity index is 643. The lowest BCUT2D eigenvalue weighted by Gasteiger charge is -2.33. The average molecular weight is 346 g/mol. The van der Waals surface area contributed by atoms with E-state index in [9.17, 15) is 4.79 Å². The van der Waals surface area contributed by atoms with Crippen LogP contribution in [0.4, 0.5) is 0 Å². The molecule has 0 aliphatic heterocycles. The van der Waals surface area contributed by atoms with Crippen molar-refractivity contribution in [3.63, 3.8) is 0 Å². The van der Waals surface area contributed by atoms with E-state index in [1.807, 2.05) is 18.2 Å². The van der Waals surface area contributed by atoms with Crippen molar-refractivity contribution in [3.8, 4) is 0 Å². The van der Waals surface area contributed by atoms with Crippen LogP contribution in [0.3, 0.4) is 0 Å². The number of likely N-dealkylation sites (N-methyl/N-ethyl adjacent to an activating group) is 1. The molecule has 0 spiro atoms. The van der Waals surface area contributed by atoms with Gasteiger partial charge in [0.15, 0.2) is 0 Å². The normalized spacial score (nSPS) is 21.3. The first kappa shape index (κ1) is 17.4. The van der Waals surface area contributed by atoms with E-state index in [1.165, 1.54) is 30.4 Å². The molecular weight excluding hydrogens is 318 g/mol. The summed E-state index contributed by atoms with van der Waals surface area (Å²) in [6.45, 7) is 3.48. The number of thiazole rings is 1. The molecule has 24 heavy (non-hydrogen) atoms. The number of fused-ring (bicyclic) bond motifs is 1. The second kappa shape index (κ2) is 8.08. The molecule has 1 heterocycles. The lowest BCUT2D eigenvalue weighted by atomic mass is 9.87. The Labute approximate surface area is 148 Å². The Morgan fingerprint density at radius 2 is 2.04 bits per heavy atom. The summed E-state index contributed by atoms with van der Waals surface area (Å²) in [6.07, 6.45) is 5.81. The molecule has 0 bridgehead atoms. The molecule has 1 aliphatic rings. The number of hydrogen-bond donors (Lipinski definition) is 1. The third kappa shape index (κ3) is 4.54. The Balaban J connectivity index is 1.40. The molecule has 1 amide bonds. The van der Waals surface area contributed by atoms with Crippen LogP contribution >= 0.6 is 11.3 Å². The highest BCUT2D eigenvalue weighted by atomic mass is 32.1. The van der Waals surface area contributed by atoms with Gasteiger partial charge >= 0.3 is 0 Å². The Morgan fingerprint density at radius 3 is 2.79 bits per heavy atom. The first-order valence-electron chi connectivity index (χ1n) is 8.93.